The van der Waals surface area contributed by atoms with Gasteiger partial charge in [-0.2, -0.15) is 4.98 Å². The highest BCUT2D eigenvalue weighted by molar-refractivity contribution is 7.90. The zero-order valence-electron chi connectivity index (χ0n) is 10.0. The van der Waals surface area contributed by atoms with Crippen LogP contribution >= 0.6 is 0 Å². The minimum atomic E-state index is -3.27. The zero-order chi connectivity index (χ0) is 13.3. The Morgan fingerprint density at radius 2 is 2.11 bits per heavy atom. The number of aromatic nitrogens is 2. The molecule has 0 fully saturated rings. The second-order valence-corrected chi connectivity index (χ2v) is 5.95. The van der Waals surface area contributed by atoms with Crippen molar-refractivity contribution < 1.29 is 12.9 Å². The van der Waals surface area contributed by atoms with E-state index >= 15 is 0 Å². The predicted octanol–water partition coefficient (Wildman–Crippen LogP) is 0.907. The van der Waals surface area contributed by atoms with Gasteiger partial charge in [-0.25, -0.2) is 8.42 Å². The fourth-order valence-electron chi connectivity index (χ4n) is 1.59. The Labute approximate surface area is 105 Å². The van der Waals surface area contributed by atoms with Crippen LogP contribution in [0.4, 0.5) is 0 Å². The lowest BCUT2D eigenvalue weighted by atomic mass is 10.1. The maximum Gasteiger partial charge on any atom is 0.240 e. The first-order valence-electron chi connectivity index (χ1n) is 5.25. The lowest BCUT2D eigenvalue weighted by Gasteiger charge is -2.04. The van der Waals surface area contributed by atoms with Crippen molar-refractivity contribution in [2.45, 2.75) is 18.4 Å². The van der Waals surface area contributed by atoms with Crippen LogP contribution in [0, 0.1) is 6.92 Å². The number of sulfone groups is 1. The molecule has 0 saturated carbocycles. The Kier molecular flexibility index (Phi) is 3.18. The second-order valence-electron chi connectivity index (χ2n) is 3.97. The van der Waals surface area contributed by atoms with Crippen LogP contribution in [0.3, 0.4) is 0 Å². The van der Waals surface area contributed by atoms with E-state index in [1.165, 1.54) is 12.3 Å². The fraction of sp³-hybridized carbons (Fsp3) is 0.273. The van der Waals surface area contributed by atoms with Crippen molar-refractivity contribution in [2.75, 3.05) is 6.26 Å². The van der Waals surface area contributed by atoms with Gasteiger partial charge in [-0.05, 0) is 18.6 Å². The Hall–Kier alpha value is -1.73. The topological polar surface area (TPSA) is 99.1 Å². The maximum absolute atomic E-state index is 11.6. The largest absolute Gasteiger partial charge is 0.338 e. The third kappa shape index (κ3) is 2.41. The molecule has 0 unspecified atom stereocenters. The molecule has 0 saturated heterocycles. The van der Waals surface area contributed by atoms with Gasteiger partial charge in [-0.15, -0.1) is 0 Å². The monoisotopic (exact) mass is 267 g/mol. The maximum atomic E-state index is 11.6. The summed E-state index contributed by atoms with van der Waals surface area (Å²) in [5.41, 5.74) is 6.64. The molecule has 0 aliphatic heterocycles. The molecule has 6 nitrogen and oxygen atoms in total. The number of nitrogens with zero attached hydrogens (tertiary/aromatic N) is 2. The molecule has 1 heterocycles. The van der Waals surface area contributed by atoms with Crippen molar-refractivity contribution in [2.24, 2.45) is 5.73 Å². The molecule has 18 heavy (non-hydrogen) atoms. The Bertz CT molecular complexity index is 677. The quantitative estimate of drug-likeness (QED) is 0.887. The molecule has 2 N–H and O–H groups in total. The number of hydrogen-bond acceptors (Lipinski definition) is 6. The van der Waals surface area contributed by atoms with Gasteiger partial charge in [0.15, 0.2) is 9.84 Å². The molecule has 96 valence electrons. The van der Waals surface area contributed by atoms with Crippen molar-refractivity contribution in [3.05, 3.63) is 29.7 Å². The van der Waals surface area contributed by atoms with Crippen LogP contribution in [0.1, 0.15) is 11.5 Å². The van der Waals surface area contributed by atoms with Gasteiger partial charge >= 0.3 is 0 Å². The van der Waals surface area contributed by atoms with E-state index in [1.807, 2.05) is 0 Å². The fourth-order valence-corrected chi connectivity index (χ4v) is 2.59. The first-order valence-corrected chi connectivity index (χ1v) is 7.14. The number of nitrogens with two attached hydrogens (primary N) is 1. The number of aryl methyl sites for hydroxylation is 1. The number of hydrogen-bond donors (Lipinski definition) is 1. The molecule has 7 heteroatoms. The van der Waals surface area contributed by atoms with Crippen molar-refractivity contribution in [1.29, 1.82) is 0 Å². The first kappa shape index (κ1) is 12.7. The van der Waals surface area contributed by atoms with E-state index in [1.54, 1.807) is 19.1 Å². The summed E-state index contributed by atoms with van der Waals surface area (Å²) in [6, 6.07) is 5.00. The highest BCUT2D eigenvalue weighted by atomic mass is 32.2. The summed E-state index contributed by atoms with van der Waals surface area (Å²) in [4.78, 5) is 4.32. The van der Waals surface area contributed by atoms with Crippen molar-refractivity contribution in [3.63, 3.8) is 0 Å². The highest BCUT2D eigenvalue weighted by Crippen LogP contribution is 2.23. The molecule has 0 aliphatic carbocycles. The Morgan fingerprint density at radius 1 is 1.39 bits per heavy atom. The number of benzene rings is 1. The summed E-state index contributed by atoms with van der Waals surface area (Å²) in [5, 5.41) is 3.75. The van der Waals surface area contributed by atoms with E-state index in [9.17, 15) is 8.42 Å². The van der Waals surface area contributed by atoms with Crippen LogP contribution in [0.15, 0.2) is 27.6 Å². The van der Waals surface area contributed by atoms with Gasteiger partial charge < -0.3 is 10.3 Å². The summed E-state index contributed by atoms with van der Waals surface area (Å²) >= 11 is 0. The van der Waals surface area contributed by atoms with Crippen LogP contribution < -0.4 is 5.73 Å². The third-order valence-electron chi connectivity index (χ3n) is 2.49. The van der Waals surface area contributed by atoms with Crippen molar-refractivity contribution in [1.82, 2.24) is 10.1 Å². The highest BCUT2D eigenvalue weighted by Gasteiger charge is 2.14. The molecule has 2 rings (SSSR count). The van der Waals surface area contributed by atoms with Crippen LogP contribution in [0.5, 0.6) is 0 Å². The smallest absolute Gasteiger partial charge is 0.240 e. The molecule has 0 radical (unpaired) electrons. The third-order valence-corrected chi connectivity index (χ3v) is 3.73. The molecular formula is C11H13N3O3S. The van der Waals surface area contributed by atoms with Crippen LogP contribution in [-0.4, -0.2) is 24.8 Å². The summed E-state index contributed by atoms with van der Waals surface area (Å²) < 4.78 is 28.1. The van der Waals surface area contributed by atoms with E-state index in [0.717, 1.165) is 0 Å². The van der Waals surface area contributed by atoms with E-state index < -0.39 is 9.84 Å². The van der Waals surface area contributed by atoms with Gasteiger partial charge in [0.2, 0.25) is 11.7 Å². The van der Waals surface area contributed by atoms with E-state index in [0.29, 0.717) is 22.8 Å². The average Bonchev–Trinajstić information content (AvgIpc) is 2.76. The average molecular weight is 267 g/mol. The predicted molar refractivity (Wildman–Crippen MR) is 65.5 cm³/mol. The minimum Gasteiger partial charge on any atom is -0.338 e. The van der Waals surface area contributed by atoms with Crippen molar-refractivity contribution in [3.8, 4) is 11.4 Å². The van der Waals surface area contributed by atoms with Crippen LogP contribution in [-0.2, 0) is 16.4 Å². The van der Waals surface area contributed by atoms with Gasteiger partial charge in [0.05, 0.1) is 11.4 Å². The van der Waals surface area contributed by atoms with Gasteiger partial charge in [-0.1, -0.05) is 17.3 Å². The van der Waals surface area contributed by atoms with Gasteiger partial charge in [0, 0.05) is 11.8 Å². The second kappa shape index (κ2) is 4.51. The van der Waals surface area contributed by atoms with Gasteiger partial charge in [0.1, 0.15) is 0 Å². The van der Waals surface area contributed by atoms with Crippen LogP contribution in [0.25, 0.3) is 11.4 Å². The van der Waals surface area contributed by atoms with E-state index in [-0.39, 0.29) is 11.4 Å². The molecule has 0 aliphatic rings. The van der Waals surface area contributed by atoms with Gasteiger partial charge in [0.25, 0.3) is 0 Å². The van der Waals surface area contributed by atoms with Crippen LogP contribution in [0.2, 0.25) is 0 Å². The molecule has 0 bridgehead atoms. The minimum absolute atomic E-state index is 0.151. The SMILES string of the molecule is Cc1ccc(-c2noc(CN)n2)cc1S(C)(=O)=O. The molecule has 2 aromatic rings. The lowest BCUT2D eigenvalue weighted by molar-refractivity contribution is 0.380. The number of rotatable bonds is 3. The molecule has 0 amide bonds. The molecule has 0 atom stereocenters. The molecule has 1 aromatic heterocycles. The standard InChI is InChI=1S/C11H13N3O3S/c1-7-3-4-8(5-9(7)18(2,15)16)11-13-10(6-12)17-14-11/h3-5H,6,12H2,1-2H3. The first-order chi connectivity index (χ1) is 8.41. The molecular weight excluding hydrogens is 254 g/mol. The van der Waals surface area contributed by atoms with Gasteiger partial charge in [-0.3, -0.25) is 0 Å². The zero-order valence-corrected chi connectivity index (χ0v) is 10.9. The van der Waals surface area contributed by atoms with Crippen molar-refractivity contribution >= 4 is 9.84 Å². The molecule has 1 aromatic carbocycles. The summed E-state index contributed by atoms with van der Waals surface area (Å²) in [7, 11) is -3.27. The normalized spacial score (nSPS) is 11.7. The molecule has 0 spiro atoms. The Balaban J connectivity index is 2.53. The summed E-state index contributed by atoms with van der Waals surface area (Å²) in [6.45, 7) is 1.89. The summed E-state index contributed by atoms with van der Waals surface area (Å²) in [6.07, 6.45) is 1.17. The van der Waals surface area contributed by atoms with E-state index in [2.05, 4.69) is 10.1 Å². The lowest BCUT2D eigenvalue weighted by Crippen LogP contribution is -2.00. The Morgan fingerprint density at radius 3 is 2.67 bits per heavy atom. The van der Waals surface area contributed by atoms with E-state index in [4.69, 9.17) is 10.3 Å². The summed E-state index contributed by atoms with van der Waals surface area (Å²) in [5.74, 6) is 0.645.